The molecule has 0 aromatic carbocycles. The number of nitrogens with one attached hydrogen (secondary N) is 2. The van der Waals surface area contributed by atoms with Gasteiger partial charge in [-0.1, -0.05) is 11.6 Å². The Morgan fingerprint density at radius 1 is 1.29 bits per heavy atom. The Kier molecular flexibility index (Phi) is 2.96. The van der Waals surface area contributed by atoms with Gasteiger partial charge in [0.05, 0.1) is 16.7 Å². The summed E-state index contributed by atoms with van der Waals surface area (Å²) in [7, 11) is 0. The van der Waals surface area contributed by atoms with Crippen LogP contribution in [0.5, 0.6) is 0 Å². The molecule has 0 unspecified atom stereocenters. The fourth-order valence-corrected chi connectivity index (χ4v) is 3.67. The second-order valence-electron chi connectivity index (χ2n) is 6.51. The number of nitrogens with zero attached hydrogens (tertiary/aromatic N) is 1. The molecular formula is C16H18ClN3O. The topological polar surface area (TPSA) is 57.8 Å². The highest BCUT2D eigenvalue weighted by molar-refractivity contribution is 6.35. The van der Waals surface area contributed by atoms with Gasteiger partial charge in [-0.3, -0.25) is 9.78 Å². The molecule has 5 heteroatoms. The van der Waals surface area contributed by atoms with E-state index >= 15 is 0 Å². The molecule has 2 aromatic rings. The first-order valence-electron chi connectivity index (χ1n) is 7.58. The van der Waals surface area contributed by atoms with Gasteiger partial charge in [-0.25, -0.2) is 0 Å². The molecule has 0 saturated heterocycles. The van der Waals surface area contributed by atoms with Crippen LogP contribution in [0, 0.1) is 5.41 Å². The zero-order valence-corrected chi connectivity index (χ0v) is 12.5. The quantitative estimate of drug-likeness (QED) is 0.889. The third kappa shape index (κ3) is 2.42. The normalized spacial score (nSPS) is 20.8. The Morgan fingerprint density at radius 3 is 2.71 bits per heavy atom. The summed E-state index contributed by atoms with van der Waals surface area (Å²) in [6.07, 6.45) is 10.8. The first-order chi connectivity index (χ1) is 10.2. The Morgan fingerprint density at radius 2 is 2.05 bits per heavy atom. The van der Waals surface area contributed by atoms with Gasteiger partial charge in [-0.15, -0.1) is 0 Å². The van der Waals surface area contributed by atoms with Gasteiger partial charge >= 0.3 is 0 Å². The van der Waals surface area contributed by atoms with Gasteiger partial charge in [0.2, 0.25) is 0 Å². The first-order valence-corrected chi connectivity index (χ1v) is 7.96. The van der Waals surface area contributed by atoms with E-state index in [1.165, 1.54) is 25.7 Å². The van der Waals surface area contributed by atoms with Gasteiger partial charge in [0.15, 0.2) is 0 Å². The van der Waals surface area contributed by atoms with E-state index in [4.69, 9.17) is 11.6 Å². The Labute approximate surface area is 128 Å². The van der Waals surface area contributed by atoms with Gasteiger partial charge in [0, 0.05) is 17.6 Å². The van der Waals surface area contributed by atoms with Crippen LogP contribution in [-0.2, 0) is 0 Å². The van der Waals surface area contributed by atoms with Crippen molar-refractivity contribution < 1.29 is 4.79 Å². The Hall–Kier alpha value is -1.55. The molecule has 0 atom stereocenters. The summed E-state index contributed by atoms with van der Waals surface area (Å²) >= 11 is 6.09. The lowest BCUT2D eigenvalue weighted by Crippen LogP contribution is -2.38. The molecule has 2 heterocycles. The van der Waals surface area contributed by atoms with E-state index in [1.807, 2.05) is 0 Å². The van der Waals surface area contributed by atoms with Gasteiger partial charge in [-0.2, -0.15) is 0 Å². The monoisotopic (exact) mass is 303 g/mol. The lowest BCUT2D eigenvalue weighted by atomic mass is 9.83. The molecule has 2 N–H and O–H groups in total. The molecular weight excluding hydrogens is 286 g/mol. The maximum Gasteiger partial charge on any atom is 0.267 e. The minimum absolute atomic E-state index is 0.0426. The van der Waals surface area contributed by atoms with Gasteiger partial charge < -0.3 is 10.3 Å². The summed E-state index contributed by atoms with van der Waals surface area (Å²) in [5.74, 6) is -0.0426. The summed E-state index contributed by atoms with van der Waals surface area (Å²) in [4.78, 5) is 19.5. The molecule has 0 bridgehead atoms. The second-order valence-corrected chi connectivity index (χ2v) is 6.92. The summed E-state index contributed by atoms with van der Waals surface area (Å²) in [6.45, 7) is 0. The molecule has 4 rings (SSSR count). The number of pyridine rings is 1. The van der Waals surface area contributed by atoms with Crippen molar-refractivity contribution in [2.24, 2.45) is 5.41 Å². The first kappa shape index (κ1) is 13.1. The van der Waals surface area contributed by atoms with Crippen LogP contribution in [0.15, 0.2) is 18.5 Å². The molecule has 2 fully saturated rings. The van der Waals surface area contributed by atoms with Crippen LogP contribution in [0.2, 0.25) is 5.02 Å². The smallest absolute Gasteiger partial charge is 0.267 e. The number of hydrogen-bond donors (Lipinski definition) is 2. The standard InChI is InChI=1S/C16H18ClN3O/c17-12-8-18-9-14-11(12)7-13(20-14)15(21)19-10-1-3-16(4-2-10)5-6-16/h7-10,20H,1-6H2,(H,19,21). The predicted molar refractivity (Wildman–Crippen MR) is 82.5 cm³/mol. The van der Waals surface area contributed by atoms with Crippen LogP contribution in [0.4, 0.5) is 0 Å². The third-order valence-electron chi connectivity index (χ3n) is 5.08. The number of fused-ring (bicyclic) bond motifs is 1. The van der Waals surface area contributed by atoms with E-state index in [0.29, 0.717) is 22.2 Å². The molecule has 4 nitrogen and oxygen atoms in total. The highest BCUT2D eigenvalue weighted by Crippen LogP contribution is 2.56. The number of H-pyrrole nitrogens is 1. The summed E-state index contributed by atoms with van der Waals surface area (Å²) in [6, 6.07) is 2.11. The SMILES string of the molecule is O=C(NC1CCC2(CC1)CC2)c1cc2c(Cl)cncc2[nH]1. The minimum atomic E-state index is -0.0426. The Balaban J connectivity index is 1.47. The largest absolute Gasteiger partial charge is 0.349 e. The van der Waals surface area contributed by atoms with Gasteiger partial charge in [0.1, 0.15) is 5.69 Å². The lowest BCUT2D eigenvalue weighted by molar-refractivity contribution is 0.0915. The van der Waals surface area contributed by atoms with Crippen LogP contribution in [0.1, 0.15) is 49.0 Å². The number of rotatable bonds is 2. The molecule has 0 aliphatic heterocycles. The van der Waals surface area contributed by atoms with Crippen molar-refractivity contribution >= 4 is 28.4 Å². The molecule has 2 aromatic heterocycles. The average Bonchev–Trinajstić information content (AvgIpc) is 3.08. The fourth-order valence-electron chi connectivity index (χ4n) is 3.45. The average molecular weight is 304 g/mol. The summed E-state index contributed by atoms with van der Waals surface area (Å²) < 4.78 is 0. The van der Waals surface area contributed by atoms with Crippen molar-refractivity contribution in [3.8, 4) is 0 Å². The van der Waals surface area contributed by atoms with E-state index < -0.39 is 0 Å². The number of aromatic amines is 1. The van der Waals surface area contributed by atoms with E-state index in [9.17, 15) is 4.79 Å². The third-order valence-corrected chi connectivity index (χ3v) is 5.38. The number of amides is 1. The zero-order chi connectivity index (χ0) is 14.4. The van der Waals surface area contributed by atoms with Crippen LogP contribution < -0.4 is 5.32 Å². The van der Waals surface area contributed by atoms with Crippen molar-refractivity contribution in [1.82, 2.24) is 15.3 Å². The van der Waals surface area contributed by atoms with Crippen molar-refractivity contribution in [3.05, 3.63) is 29.2 Å². The molecule has 0 radical (unpaired) electrons. The molecule has 110 valence electrons. The summed E-state index contributed by atoms with van der Waals surface area (Å²) in [5.41, 5.74) is 2.02. The van der Waals surface area contributed by atoms with Crippen LogP contribution in [-0.4, -0.2) is 21.9 Å². The van der Waals surface area contributed by atoms with E-state index in [0.717, 1.165) is 23.7 Å². The number of carbonyl (C=O) groups excluding carboxylic acids is 1. The van der Waals surface area contributed by atoms with Crippen molar-refractivity contribution in [2.75, 3.05) is 0 Å². The fraction of sp³-hybridized carbons (Fsp3) is 0.500. The molecule has 21 heavy (non-hydrogen) atoms. The molecule has 2 saturated carbocycles. The maximum absolute atomic E-state index is 12.4. The van der Waals surface area contributed by atoms with E-state index in [-0.39, 0.29) is 5.91 Å². The van der Waals surface area contributed by atoms with Crippen LogP contribution in [0.25, 0.3) is 10.9 Å². The second kappa shape index (κ2) is 4.73. The molecule has 2 aliphatic carbocycles. The number of carbonyl (C=O) groups is 1. The van der Waals surface area contributed by atoms with Crippen molar-refractivity contribution in [3.63, 3.8) is 0 Å². The maximum atomic E-state index is 12.4. The van der Waals surface area contributed by atoms with Gasteiger partial charge in [-0.05, 0) is 50.0 Å². The van der Waals surface area contributed by atoms with Crippen LogP contribution >= 0.6 is 11.6 Å². The lowest BCUT2D eigenvalue weighted by Gasteiger charge is -2.28. The molecule has 1 amide bonds. The minimum Gasteiger partial charge on any atom is -0.349 e. The number of halogens is 1. The molecule has 2 aliphatic rings. The number of aromatic nitrogens is 2. The van der Waals surface area contributed by atoms with Crippen molar-refractivity contribution in [1.29, 1.82) is 0 Å². The zero-order valence-electron chi connectivity index (χ0n) is 11.8. The summed E-state index contributed by atoms with van der Waals surface area (Å²) in [5, 5.41) is 4.56. The number of hydrogen-bond acceptors (Lipinski definition) is 2. The van der Waals surface area contributed by atoms with E-state index in [1.54, 1.807) is 18.5 Å². The van der Waals surface area contributed by atoms with Crippen LogP contribution in [0.3, 0.4) is 0 Å². The highest BCUT2D eigenvalue weighted by atomic mass is 35.5. The van der Waals surface area contributed by atoms with Gasteiger partial charge in [0.25, 0.3) is 5.91 Å². The van der Waals surface area contributed by atoms with Crippen molar-refractivity contribution in [2.45, 2.75) is 44.6 Å². The highest BCUT2D eigenvalue weighted by Gasteiger charge is 2.44. The van der Waals surface area contributed by atoms with E-state index in [2.05, 4.69) is 15.3 Å². The Bertz CT molecular complexity index is 695. The molecule has 1 spiro atoms. The predicted octanol–water partition coefficient (Wildman–Crippen LogP) is 3.67.